The van der Waals surface area contributed by atoms with E-state index in [0.717, 1.165) is 12.8 Å². The van der Waals surface area contributed by atoms with E-state index in [4.69, 9.17) is 0 Å². The molecule has 0 heteroatoms. The third kappa shape index (κ3) is 8.59. The van der Waals surface area contributed by atoms with Crippen LogP contribution in [-0.4, -0.2) is 0 Å². The number of hydrogen-bond acceptors (Lipinski definition) is 0. The molecule has 0 aromatic heterocycles. The van der Waals surface area contributed by atoms with Crippen LogP contribution in [-0.2, 0) is 0 Å². The van der Waals surface area contributed by atoms with Gasteiger partial charge in [-0.05, 0) is 44.4 Å². The molecule has 0 atom stereocenters. The Morgan fingerprint density at radius 2 is 1.74 bits per heavy atom. The molecule has 2 rings (SSSR count). The van der Waals surface area contributed by atoms with Crippen LogP contribution in [0.15, 0.2) is 66.3 Å². The summed E-state index contributed by atoms with van der Waals surface area (Å²) in [6, 6.07) is 10.3. The zero-order valence-corrected chi connectivity index (χ0v) is 15.6. The van der Waals surface area contributed by atoms with Crippen molar-refractivity contribution in [1.82, 2.24) is 0 Å². The summed E-state index contributed by atoms with van der Waals surface area (Å²) in [4.78, 5) is 0. The summed E-state index contributed by atoms with van der Waals surface area (Å²) in [5.41, 5.74) is 6.00. The van der Waals surface area contributed by atoms with Crippen LogP contribution in [0.5, 0.6) is 0 Å². The molecule has 23 heavy (non-hydrogen) atoms. The summed E-state index contributed by atoms with van der Waals surface area (Å²) in [6.45, 7) is 17.2. The van der Waals surface area contributed by atoms with E-state index in [0.29, 0.717) is 5.41 Å². The van der Waals surface area contributed by atoms with Crippen LogP contribution in [0.3, 0.4) is 0 Å². The SMILES string of the molecule is C=C1C=C(CCC(=C)CCC)CC(C)(C)C1.Cc1ccccc1. The fourth-order valence-corrected chi connectivity index (χ4v) is 3.19. The number of rotatable bonds is 5. The van der Waals surface area contributed by atoms with E-state index in [1.54, 1.807) is 5.57 Å². The predicted octanol–water partition coefficient (Wildman–Crippen LogP) is 7.42. The summed E-state index contributed by atoms with van der Waals surface area (Å²) in [5.74, 6) is 0. The Kier molecular flexibility index (Phi) is 8.09. The van der Waals surface area contributed by atoms with Gasteiger partial charge in [0.05, 0.1) is 0 Å². The molecule has 0 saturated heterocycles. The van der Waals surface area contributed by atoms with Gasteiger partial charge in [0.2, 0.25) is 0 Å². The van der Waals surface area contributed by atoms with Gasteiger partial charge in [0.1, 0.15) is 0 Å². The monoisotopic (exact) mass is 310 g/mol. The Bertz CT molecular complexity index is 528. The minimum Gasteiger partial charge on any atom is -0.0999 e. The van der Waals surface area contributed by atoms with Gasteiger partial charge in [0.25, 0.3) is 0 Å². The second kappa shape index (κ2) is 9.55. The van der Waals surface area contributed by atoms with E-state index >= 15 is 0 Å². The van der Waals surface area contributed by atoms with Crippen molar-refractivity contribution in [3.8, 4) is 0 Å². The topological polar surface area (TPSA) is 0 Å². The molecule has 1 aliphatic rings. The summed E-state index contributed by atoms with van der Waals surface area (Å²) < 4.78 is 0. The van der Waals surface area contributed by atoms with Gasteiger partial charge in [0, 0.05) is 0 Å². The molecule has 0 saturated carbocycles. The number of aryl methyl sites for hydroxylation is 1. The lowest BCUT2D eigenvalue weighted by molar-refractivity contribution is 0.347. The largest absolute Gasteiger partial charge is 0.0999 e. The zero-order chi connectivity index (χ0) is 17.3. The molecule has 126 valence electrons. The van der Waals surface area contributed by atoms with Gasteiger partial charge in [-0.25, -0.2) is 0 Å². The molecule has 0 heterocycles. The number of benzene rings is 1. The molecule has 0 unspecified atom stereocenters. The van der Waals surface area contributed by atoms with Crippen LogP contribution < -0.4 is 0 Å². The maximum atomic E-state index is 4.13. The number of allylic oxidation sites excluding steroid dienone is 4. The third-order valence-electron chi connectivity index (χ3n) is 4.16. The highest BCUT2D eigenvalue weighted by Crippen LogP contribution is 2.39. The Morgan fingerprint density at radius 3 is 2.22 bits per heavy atom. The maximum absolute atomic E-state index is 4.13. The van der Waals surface area contributed by atoms with Gasteiger partial charge in [-0.3, -0.25) is 0 Å². The number of hydrogen-bond donors (Lipinski definition) is 0. The molecule has 0 spiro atoms. The fraction of sp³-hybridized carbons (Fsp3) is 0.478. The van der Waals surface area contributed by atoms with Crippen LogP contribution in [0.2, 0.25) is 0 Å². The first-order valence-electron chi connectivity index (χ1n) is 8.88. The Hall–Kier alpha value is -1.56. The molecule has 1 aliphatic carbocycles. The van der Waals surface area contributed by atoms with Gasteiger partial charge in [0.15, 0.2) is 0 Å². The molecule has 0 N–H and O–H groups in total. The van der Waals surface area contributed by atoms with E-state index in [1.165, 1.54) is 42.4 Å². The van der Waals surface area contributed by atoms with Crippen molar-refractivity contribution < 1.29 is 0 Å². The highest BCUT2D eigenvalue weighted by molar-refractivity contribution is 5.27. The Morgan fingerprint density at radius 1 is 1.09 bits per heavy atom. The van der Waals surface area contributed by atoms with Crippen molar-refractivity contribution in [3.63, 3.8) is 0 Å². The molecule has 0 fully saturated rings. The second-order valence-electron chi connectivity index (χ2n) is 7.63. The quantitative estimate of drug-likeness (QED) is 0.496. The van der Waals surface area contributed by atoms with Crippen molar-refractivity contribution in [2.45, 2.75) is 66.2 Å². The van der Waals surface area contributed by atoms with E-state index in [1.807, 2.05) is 18.2 Å². The smallest absolute Gasteiger partial charge is 0.0230 e. The van der Waals surface area contributed by atoms with E-state index in [-0.39, 0.29) is 0 Å². The molecule has 0 radical (unpaired) electrons. The van der Waals surface area contributed by atoms with Gasteiger partial charge in [-0.2, -0.15) is 0 Å². The summed E-state index contributed by atoms with van der Waals surface area (Å²) in [6.07, 6.45) is 9.42. The van der Waals surface area contributed by atoms with E-state index < -0.39 is 0 Å². The van der Waals surface area contributed by atoms with Gasteiger partial charge in [-0.15, -0.1) is 0 Å². The second-order valence-corrected chi connectivity index (χ2v) is 7.63. The fourth-order valence-electron chi connectivity index (χ4n) is 3.19. The molecular formula is C23H34. The zero-order valence-electron chi connectivity index (χ0n) is 15.6. The van der Waals surface area contributed by atoms with Crippen LogP contribution >= 0.6 is 0 Å². The average Bonchev–Trinajstić information content (AvgIpc) is 2.45. The first-order valence-corrected chi connectivity index (χ1v) is 8.88. The lowest BCUT2D eigenvalue weighted by atomic mass is 9.74. The standard InChI is InChI=1S/C16H26.C7H8/c1-6-7-13(2)8-9-15-10-14(3)11-16(4,5)12-15;1-7-5-3-2-4-6-7/h10H,2-3,6-9,11-12H2,1,4-5H3;2-6H,1H3. The Balaban J connectivity index is 0.000000313. The van der Waals surface area contributed by atoms with Crippen molar-refractivity contribution in [2.24, 2.45) is 5.41 Å². The predicted molar refractivity (Wildman–Crippen MR) is 105 cm³/mol. The van der Waals surface area contributed by atoms with Crippen molar-refractivity contribution in [2.75, 3.05) is 0 Å². The highest BCUT2D eigenvalue weighted by Gasteiger charge is 2.24. The van der Waals surface area contributed by atoms with E-state index in [9.17, 15) is 0 Å². The highest BCUT2D eigenvalue weighted by atomic mass is 14.3. The molecule has 1 aromatic rings. The first kappa shape index (κ1) is 19.5. The van der Waals surface area contributed by atoms with Crippen molar-refractivity contribution in [1.29, 1.82) is 0 Å². The van der Waals surface area contributed by atoms with Gasteiger partial charge in [-0.1, -0.05) is 99.0 Å². The summed E-state index contributed by atoms with van der Waals surface area (Å²) in [5, 5.41) is 0. The van der Waals surface area contributed by atoms with Crippen LogP contribution in [0, 0.1) is 12.3 Å². The lowest BCUT2D eigenvalue weighted by Crippen LogP contribution is -2.17. The normalized spacial score (nSPS) is 16.2. The van der Waals surface area contributed by atoms with Gasteiger partial charge < -0.3 is 0 Å². The Labute approximate surface area is 144 Å². The van der Waals surface area contributed by atoms with E-state index in [2.05, 4.69) is 59.1 Å². The maximum Gasteiger partial charge on any atom is -0.0230 e. The average molecular weight is 311 g/mol. The molecular weight excluding hydrogens is 276 g/mol. The van der Waals surface area contributed by atoms with Gasteiger partial charge >= 0.3 is 0 Å². The van der Waals surface area contributed by atoms with Crippen molar-refractivity contribution in [3.05, 3.63) is 71.8 Å². The molecule has 0 amide bonds. The summed E-state index contributed by atoms with van der Waals surface area (Å²) >= 11 is 0. The van der Waals surface area contributed by atoms with Crippen molar-refractivity contribution >= 4 is 0 Å². The van der Waals surface area contributed by atoms with Crippen LogP contribution in [0.1, 0.15) is 64.9 Å². The minimum atomic E-state index is 0.410. The third-order valence-corrected chi connectivity index (χ3v) is 4.16. The molecule has 1 aromatic carbocycles. The first-order chi connectivity index (χ1) is 10.8. The minimum absolute atomic E-state index is 0.410. The van der Waals surface area contributed by atoms with Crippen LogP contribution in [0.25, 0.3) is 0 Å². The molecule has 0 bridgehead atoms. The van der Waals surface area contributed by atoms with Crippen LogP contribution in [0.4, 0.5) is 0 Å². The molecule has 0 aliphatic heterocycles. The summed E-state index contributed by atoms with van der Waals surface area (Å²) in [7, 11) is 0. The lowest BCUT2D eigenvalue weighted by Gasteiger charge is -2.31. The molecule has 0 nitrogen and oxygen atoms in total.